The Bertz CT molecular complexity index is 356. The molecule has 1 aromatic rings. The molecule has 1 unspecified atom stereocenters. The number of rotatable bonds is 7. The number of nitrogens with one attached hydrogen (secondary N) is 1. The van der Waals surface area contributed by atoms with E-state index in [0.29, 0.717) is 24.0 Å². The molecule has 0 bridgehead atoms. The van der Waals surface area contributed by atoms with Gasteiger partial charge in [0.2, 0.25) is 5.91 Å². The molecule has 0 fully saturated rings. The molecule has 17 heavy (non-hydrogen) atoms. The zero-order valence-corrected chi connectivity index (χ0v) is 10.8. The topological polar surface area (TPSA) is 86.5 Å². The molecular weight excluding hydrogens is 242 g/mol. The Morgan fingerprint density at radius 3 is 2.94 bits per heavy atom. The molecule has 1 rings (SSSR count). The molecule has 0 radical (unpaired) electrons. The van der Waals surface area contributed by atoms with E-state index in [2.05, 4.69) is 10.3 Å². The van der Waals surface area contributed by atoms with Gasteiger partial charge < -0.3 is 20.5 Å². The molecule has 1 aromatic heterocycles. The highest BCUT2D eigenvalue weighted by atomic mass is 32.1. The molecule has 0 aliphatic carbocycles. The molecule has 3 N–H and O–H groups in total. The van der Waals surface area contributed by atoms with Gasteiger partial charge in [-0.25, -0.2) is 4.98 Å². The zero-order chi connectivity index (χ0) is 12.7. The number of nitrogens with zero attached hydrogens (tertiary/aromatic N) is 1. The summed E-state index contributed by atoms with van der Waals surface area (Å²) in [6, 6.07) is 0. The maximum Gasteiger partial charge on any atom is 0.226 e. The van der Waals surface area contributed by atoms with Crippen LogP contribution in [0, 0.1) is 0 Å². The van der Waals surface area contributed by atoms with Gasteiger partial charge in [-0.2, -0.15) is 0 Å². The van der Waals surface area contributed by atoms with Crippen LogP contribution in [0.3, 0.4) is 0 Å². The molecule has 6 nitrogen and oxygen atoms in total. The number of methoxy groups -OCH3 is 2. The third-order valence-electron chi connectivity index (χ3n) is 2.12. The molecule has 96 valence electrons. The second kappa shape index (κ2) is 7.21. The van der Waals surface area contributed by atoms with E-state index in [0.717, 1.165) is 0 Å². The number of aromatic nitrogens is 1. The quantitative estimate of drug-likeness (QED) is 0.722. The third kappa shape index (κ3) is 5.12. The summed E-state index contributed by atoms with van der Waals surface area (Å²) in [5.74, 6) is -0.103. The zero-order valence-electron chi connectivity index (χ0n) is 9.93. The molecule has 0 saturated carbocycles. The predicted octanol–water partition coefficient (Wildman–Crippen LogP) is 0.0454. The highest BCUT2D eigenvalue weighted by Crippen LogP contribution is 2.11. The third-order valence-corrected chi connectivity index (χ3v) is 2.85. The van der Waals surface area contributed by atoms with Crippen molar-refractivity contribution in [2.45, 2.75) is 12.5 Å². The average Bonchev–Trinajstić information content (AvgIpc) is 2.70. The fourth-order valence-corrected chi connectivity index (χ4v) is 1.82. The van der Waals surface area contributed by atoms with E-state index < -0.39 is 0 Å². The van der Waals surface area contributed by atoms with Gasteiger partial charge in [-0.1, -0.05) is 0 Å². The number of amides is 1. The SMILES string of the molecule is COCC(CNC(=O)Cc1csc(N)n1)OC. The van der Waals surface area contributed by atoms with Crippen LogP contribution >= 0.6 is 11.3 Å². The second-order valence-electron chi connectivity index (χ2n) is 3.47. The molecule has 1 heterocycles. The van der Waals surface area contributed by atoms with Crippen LogP contribution < -0.4 is 11.1 Å². The number of carbonyl (C=O) groups is 1. The maximum absolute atomic E-state index is 11.6. The van der Waals surface area contributed by atoms with Gasteiger partial charge in [0.1, 0.15) is 0 Å². The van der Waals surface area contributed by atoms with Gasteiger partial charge in [0, 0.05) is 26.1 Å². The van der Waals surface area contributed by atoms with Crippen LogP contribution in [0.15, 0.2) is 5.38 Å². The number of nitrogens with two attached hydrogens (primary N) is 1. The maximum atomic E-state index is 11.6. The summed E-state index contributed by atoms with van der Waals surface area (Å²) in [6.07, 6.45) is 0.0985. The summed E-state index contributed by atoms with van der Waals surface area (Å²) in [5, 5.41) is 5.01. The Hall–Kier alpha value is -1.18. The standard InChI is InChI=1S/C10H17N3O3S/c1-15-5-8(16-2)4-12-9(14)3-7-6-17-10(11)13-7/h6,8H,3-5H2,1-2H3,(H2,11,13)(H,12,14). The number of ether oxygens (including phenoxy) is 2. The predicted molar refractivity (Wildman–Crippen MR) is 65.9 cm³/mol. The summed E-state index contributed by atoms with van der Waals surface area (Å²) in [7, 11) is 3.17. The minimum absolute atomic E-state index is 0.103. The van der Waals surface area contributed by atoms with Gasteiger partial charge in [-0.3, -0.25) is 4.79 Å². The molecule has 0 aromatic carbocycles. The van der Waals surface area contributed by atoms with E-state index in [1.165, 1.54) is 11.3 Å². The van der Waals surface area contributed by atoms with E-state index in [-0.39, 0.29) is 18.4 Å². The van der Waals surface area contributed by atoms with Crippen molar-refractivity contribution < 1.29 is 14.3 Å². The van der Waals surface area contributed by atoms with Crippen molar-refractivity contribution >= 4 is 22.4 Å². The lowest BCUT2D eigenvalue weighted by Gasteiger charge is -2.14. The van der Waals surface area contributed by atoms with Gasteiger partial charge in [0.25, 0.3) is 0 Å². The summed E-state index contributed by atoms with van der Waals surface area (Å²) in [5.41, 5.74) is 6.16. The van der Waals surface area contributed by atoms with Crippen LogP contribution in [0.4, 0.5) is 5.13 Å². The van der Waals surface area contributed by atoms with Gasteiger partial charge in [0.05, 0.1) is 24.8 Å². The summed E-state index contributed by atoms with van der Waals surface area (Å²) >= 11 is 1.33. The molecule has 0 aliphatic heterocycles. The van der Waals surface area contributed by atoms with Crippen molar-refractivity contribution in [1.82, 2.24) is 10.3 Å². The van der Waals surface area contributed by atoms with Crippen LogP contribution in [0.25, 0.3) is 0 Å². The monoisotopic (exact) mass is 259 g/mol. The van der Waals surface area contributed by atoms with Crippen molar-refractivity contribution in [3.63, 3.8) is 0 Å². The molecule has 1 amide bonds. The number of hydrogen-bond donors (Lipinski definition) is 2. The Morgan fingerprint density at radius 2 is 2.41 bits per heavy atom. The Balaban J connectivity index is 2.29. The van der Waals surface area contributed by atoms with Crippen molar-refractivity contribution in [3.05, 3.63) is 11.1 Å². The first-order valence-corrected chi connectivity index (χ1v) is 6.02. The minimum Gasteiger partial charge on any atom is -0.382 e. The summed E-state index contributed by atoms with van der Waals surface area (Å²) in [4.78, 5) is 15.6. The Labute approximate surface area is 104 Å². The van der Waals surface area contributed by atoms with E-state index in [4.69, 9.17) is 15.2 Å². The molecule has 0 saturated heterocycles. The van der Waals surface area contributed by atoms with Gasteiger partial charge >= 0.3 is 0 Å². The lowest BCUT2D eigenvalue weighted by Crippen LogP contribution is -2.36. The lowest BCUT2D eigenvalue weighted by molar-refractivity contribution is -0.121. The highest BCUT2D eigenvalue weighted by molar-refractivity contribution is 7.13. The normalized spacial score (nSPS) is 12.4. The minimum atomic E-state index is -0.135. The van der Waals surface area contributed by atoms with Crippen LogP contribution in [-0.4, -0.2) is 44.4 Å². The second-order valence-corrected chi connectivity index (χ2v) is 4.36. The number of nitrogen functional groups attached to an aromatic ring is 1. The Kier molecular flexibility index (Phi) is 5.88. The van der Waals surface area contributed by atoms with Crippen molar-refractivity contribution in [2.75, 3.05) is 33.1 Å². The number of anilines is 1. The van der Waals surface area contributed by atoms with E-state index in [1.807, 2.05) is 0 Å². The fourth-order valence-electron chi connectivity index (χ4n) is 1.25. The lowest BCUT2D eigenvalue weighted by atomic mass is 10.3. The molecule has 7 heteroatoms. The Morgan fingerprint density at radius 1 is 1.65 bits per heavy atom. The molecule has 0 aliphatic rings. The summed E-state index contributed by atoms with van der Waals surface area (Å²) < 4.78 is 10.1. The van der Waals surface area contributed by atoms with Gasteiger partial charge in [0.15, 0.2) is 5.13 Å². The van der Waals surface area contributed by atoms with E-state index >= 15 is 0 Å². The van der Waals surface area contributed by atoms with Crippen molar-refractivity contribution in [2.24, 2.45) is 0 Å². The first-order chi connectivity index (χ1) is 8.15. The fraction of sp³-hybridized carbons (Fsp3) is 0.600. The van der Waals surface area contributed by atoms with E-state index in [1.54, 1.807) is 19.6 Å². The van der Waals surface area contributed by atoms with Gasteiger partial charge in [-0.05, 0) is 0 Å². The van der Waals surface area contributed by atoms with E-state index in [9.17, 15) is 4.79 Å². The largest absolute Gasteiger partial charge is 0.382 e. The van der Waals surface area contributed by atoms with Crippen molar-refractivity contribution in [3.8, 4) is 0 Å². The number of carbonyl (C=O) groups excluding carboxylic acids is 1. The van der Waals surface area contributed by atoms with Crippen LogP contribution in [0.5, 0.6) is 0 Å². The van der Waals surface area contributed by atoms with Crippen LogP contribution in [0.1, 0.15) is 5.69 Å². The average molecular weight is 259 g/mol. The summed E-state index contributed by atoms with van der Waals surface area (Å²) in [6.45, 7) is 0.864. The van der Waals surface area contributed by atoms with Crippen molar-refractivity contribution in [1.29, 1.82) is 0 Å². The molecule has 1 atom stereocenters. The molecule has 0 spiro atoms. The molecular formula is C10H17N3O3S. The van der Waals surface area contributed by atoms with Crippen LogP contribution in [0.2, 0.25) is 0 Å². The van der Waals surface area contributed by atoms with Crippen LogP contribution in [-0.2, 0) is 20.7 Å². The van der Waals surface area contributed by atoms with Gasteiger partial charge in [-0.15, -0.1) is 11.3 Å². The number of thiazole rings is 1. The first-order valence-electron chi connectivity index (χ1n) is 5.14. The highest BCUT2D eigenvalue weighted by Gasteiger charge is 2.10. The number of hydrogen-bond acceptors (Lipinski definition) is 6. The smallest absolute Gasteiger partial charge is 0.226 e. The first kappa shape index (κ1) is 13.9.